The zero-order valence-corrected chi connectivity index (χ0v) is 12.4. The third-order valence-electron chi connectivity index (χ3n) is 3.22. The smallest absolute Gasteiger partial charge is 0.414 e. The van der Waals surface area contributed by atoms with E-state index < -0.39 is 28.0 Å². The molecule has 0 aromatic heterocycles. The molecule has 0 aliphatic carbocycles. The maximum absolute atomic E-state index is 14.1. The number of carbonyl (C=O) groups excluding carboxylic acids is 1. The van der Waals surface area contributed by atoms with Gasteiger partial charge in [0.25, 0.3) is 0 Å². The van der Waals surface area contributed by atoms with Gasteiger partial charge in [0.05, 0.1) is 24.2 Å². The molecule has 0 radical (unpaired) electrons. The van der Waals surface area contributed by atoms with E-state index in [0.29, 0.717) is 5.69 Å². The molecule has 9 heteroatoms. The topological polar surface area (TPSA) is 92.9 Å². The minimum absolute atomic E-state index is 0.0933. The van der Waals surface area contributed by atoms with Crippen LogP contribution in [0.25, 0.3) is 0 Å². The van der Waals surface area contributed by atoms with Gasteiger partial charge in [-0.1, -0.05) is 0 Å². The zero-order valence-electron chi connectivity index (χ0n) is 11.6. The van der Waals surface area contributed by atoms with Crippen molar-refractivity contribution in [2.75, 3.05) is 35.6 Å². The van der Waals surface area contributed by atoms with Crippen LogP contribution in [0.1, 0.15) is 0 Å². The van der Waals surface area contributed by atoms with Gasteiger partial charge in [-0.15, -0.1) is 0 Å². The average molecular weight is 317 g/mol. The maximum Gasteiger partial charge on any atom is 0.414 e. The Bertz CT molecular complexity index is 664. The second-order valence-corrected chi connectivity index (χ2v) is 6.73. The number of amides is 1. The quantitative estimate of drug-likeness (QED) is 0.873. The first-order chi connectivity index (χ1) is 9.74. The summed E-state index contributed by atoms with van der Waals surface area (Å²) in [5.74, 6) is -0.746. The lowest BCUT2D eigenvalue weighted by atomic mass is 10.2. The Morgan fingerprint density at radius 3 is 2.67 bits per heavy atom. The molecular formula is C12H16FN3O4S. The number of hydrogen-bond acceptors (Lipinski definition) is 5. The molecule has 1 fully saturated rings. The van der Waals surface area contributed by atoms with E-state index in [0.717, 1.165) is 16.6 Å². The molecule has 0 bridgehead atoms. The van der Waals surface area contributed by atoms with Crippen LogP contribution in [0.5, 0.6) is 0 Å². The molecule has 2 rings (SSSR count). The number of hydrogen-bond donors (Lipinski definition) is 1. The summed E-state index contributed by atoms with van der Waals surface area (Å²) in [6, 6.07) is 3.85. The molecule has 2 N–H and O–H groups in total. The number of benzene rings is 1. The number of ether oxygens (including phenoxy) is 1. The first-order valence-corrected chi connectivity index (χ1v) is 8.00. The van der Waals surface area contributed by atoms with E-state index in [2.05, 4.69) is 0 Å². The lowest BCUT2D eigenvalue weighted by Gasteiger charge is -2.19. The van der Waals surface area contributed by atoms with Crippen LogP contribution in [0, 0.1) is 5.82 Å². The Morgan fingerprint density at radius 1 is 1.52 bits per heavy atom. The van der Waals surface area contributed by atoms with E-state index in [9.17, 15) is 17.6 Å². The van der Waals surface area contributed by atoms with Crippen LogP contribution in [-0.4, -0.2) is 47.0 Å². The van der Waals surface area contributed by atoms with Crippen molar-refractivity contribution < 1.29 is 22.3 Å². The van der Waals surface area contributed by atoms with Crippen LogP contribution in [0.4, 0.5) is 20.6 Å². The number of cyclic esters (lactones) is 1. The summed E-state index contributed by atoms with van der Waals surface area (Å²) in [5, 5.41) is 0. The molecule has 1 heterocycles. The molecule has 0 spiro atoms. The minimum Gasteiger partial charge on any atom is -0.443 e. The summed E-state index contributed by atoms with van der Waals surface area (Å²) in [6.07, 6.45) is -0.0580. The number of nitrogens with zero attached hydrogens (tertiary/aromatic N) is 2. The van der Waals surface area contributed by atoms with Gasteiger partial charge in [-0.25, -0.2) is 17.6 Å². The molecule has 1 aromatic carbocycles. The summed E-state index contributed by atoms with van der Waals surface area (Å²) in [5.41, 5.74) is 5.62. The second-order valence-electron chi connectivity index (χ2n) is 4.72. The Kier molecular flexibility index (Phi) is 4.06. The van der Waals surface area contributed by atoms with Crippen molar-refractivity contribution in [3.63, 3.8) is 0 Å². The van der Waals surface area contributed by atoms with E-state index in [-0.39, 0.29) is 18.8 Å². The Morgan fingerprint density at radius 2 is 2.19 bits per heavy atom. The Balaban J connectivity index is 2.30. The molecule has 1 atom stereocenters. The Hall–Kier alpha value is -1.87. The van der Waals surface area contributed by atoms with Crippen molar-refractivity contribution in [3.05, 3.63) is 24.0 Å². The molecule has 1 aliphatic rings. The van der Waals surface area contributed by atoms with Crippen molar-refractivity contribution in [1.29, 1.82) is 0 Å². The largest absolute Gasteiger partial charge is 0.443 e. The van der Waals surface area contributed by atoms with Crippen molar-refractivity contribution in [2.24, 2.45) is 5.73 Å². The lowest BCUT2D eigenvalue weighted by Crippen LogP contribution is -2.28. The van der Waals surface area contributed by atoms with Gasteiger partial charge in [-0.05, 0) is 18.2 Å². The standard InChI is InChI=1S/C12H16FN3O4S/c1-15(21(2,18)19)11-4-3-8(5-10(11)13)16-7-9(6-14)20-12(16)17/h3-5,9H,6-7,14H2,1-2H3. The summed E-state index contributed by atoms with van der Waals surface area (Å²) in [6.45, 7) is 0.412. The fourth-order valence-corrected chi connectivity index (χ4v) is 2.46. The molecule has 1 aliphatic heterocycles. The highest BCUT2D eigenvalue weighted by atomic mass is 32.2. The van der Waals surface area contributed by atoms with Gasteiger partial charge >= 0.3 is 6.09 Å². The van der Waals surface area contributed by atoms with Gasteiger partial charge < -0.3 is 10.5 Å². The van der Waals surface area contributed by atoms with Gasteiger partial charge in [0.2, 0.25) is 10.0 Å². The molecule has 21 heavy (non-hydrogen) atoms. The zero-order chi connectivity index (χ0) is 15.8. The first-order valence-electron chi connectivity index (χ1n) is 6.15. The fraction of sp³-hybridized carbons (Fsp3) is 0.417. The van der Waals surface area contributed by atoms with Crippen molar-refractivity contribution in [1.82, 2.24) is 0 Å². The lowest BCUT2D eigenvalue weighted by molar-refractivity contribution is 0.145. The third-order valence-corrected chi connectivity index (χ3v) is 4.41. The van der Waals surface area contributed by atoms with Crippen molar-refractivity contribution in [3.8, 4) is 0 Å². The highest BCUT2D eigenvalue weighted by Gasteiger charge is 2.32. The van der Waals surface area contributed by atoms with E-state index in [4.69, 9.17) is 10.5 Å². The molecule has 1 saturated heterocycles. The van der Waals surface area contributed by atoms with Crippen LogP contribution < -0.4 is 14.9 Å². The second kappa shape index (κ2) is 5.49. The highest BCUT2D eigenvalue weighted by Crippen LogP contribution is 2.28. The predicted octanol–water partition coefficient (Wildman–Crippen LogP) is 0.505. The molecule has 1 unspecified atom stereocenters. The number of sulfonamides is 1. The van der Waals surface area contributed by atoms with Crippen molar-refractivity contribution >= 4 is 27.5 Å². The third kappa shape index (κ3) is 3.08. The average Bonchev–Trinajstić information content (AvgIpc) is 2.78. The summed E-state index contributed by atoms with van der Waals surface area (Å²) >= 11 is 0. The minimum atomic E-state index is -3.56. The van der Waals surface area contributed by atoms with Gasteiger partial charge in [0.1, 0.15) is 11.9 Å². The fourth-order valence-electron chi connectivity index (χ4n) is 1.95. The van der Waals surface area contributed by atoms with Gasteiger partial charge in [0, 0.05) is 13.6 Å². The van der Waals surface area contributed by atoms with Crippen molar-refractivity contribution in [2.45, 2.75) is 6.10 Å². The summed E-state index contributed by atoms with van der Waals surface area (Å²) in [7, 11) is -2.31. The number of rotatable bonds is 4. The SMILES string of the molecule is CN(c1ccc(N2CC(CN)OC2=O)cc1F)S(C)(=O)=O. The normalized spacial score (nSPS) is 18.8. The van der Waals surface area contributed by atoms with Crippen LogP contribution in [0.2, 0.25) is 0 Å². The molecule has 7 nitrogen and oxygen atoms in total. The molecule has 1 amide bonds. The molecular weight excluding hydrogens is 301 g/mol. The van der Waals surface area contributed by atoms with E-state index >= 15 is 0 Å². The predicted molar refractivity (Wildman–Crippen MR) is 76.3 cm³/mol. The highest BCUT2D eigenvalue weighted by molar-refractivity contribution is 7.92. The van der Waals surface area contributed by atoms with E-state index in [1.165, 1.54) is 24.1 Å². The van der Waals surface area contributed by atoms with Crippen LogP contribution >= 0.6 is 0 Å². The molecule has 1 aromatic rings. The number of anilines is 2. The monoisotopic (exact) mass is 317 g/mol. The number of carbonyl (C=O) groups is 1. The van der Waals surface area contributed by atoms with Crippen LogP contribution in [-0.2, 0) is 14.8 Å². The summed E-state index contributed by atoms with van der Waals surface area (Å²) in [4.78, 5) is 12.9. The molecule has 116 valence electrons. The number of nitrogens with two attached hydrogens (primary N) is 1. The van der Waals surface area contributed by atoms with E-state index in [1.54, 1.807) is 0 Å². The Labute approximate surface area is 122 Å². The van der Waals surface area contributed by atoms with Crippen LogP contribution in [0.15, 0.2) is 18.2 Å². The number of halogens is 1. The maximum atomic E-state index is 14.1. The van der Waals surface area contributed by atoms with E-state index in [1.807, 2.05) is 0 Å². The van der Waals surface area contributed by atoms with Gasteiger partial charge in [0.15, 0.2) is 0 Å². The van der Waals surface area contributed by atoms with Crippen LogP contribution in [0.3, 0.4) is 0 Å². The van der Waals surface area contributed by atoms with Gasteiger partial charge in [-0.3, -0.25) is 9.21 Å². The first kappa shape index (κ1) is 15.5. The van der Waals surface area contributed by atoms with Gasteiger partial charge in [-0.2, -0.15) is 0 Å². The summed E-state index contributed by atoms with van der Waals surface area (Å²) < 4.78 is 42.7. The molecule has 0 saturated carbocycles.